The summed E-state index contributed by atoms with van der Waals surface area (Å²) in [6, 6.07) is 3.19. The van der Waals surface area contributed by atoms with Gasteiger partial charge in [-0.15, -0.1) is 0 Å². The molecule has 0 aliphatic heterocycles. The fraction of sp³-hybridized carbons (Fsp3) is 0.364. The van der Waals surface area contributed by atoms with Gasteiger partial charge in [0.05, 0.1) is 13.5 Å². The van der Waals surface area contributed by atoms with Crippen molar-refractivity contribution < 1.29 is 23.0 Å². The van der Waals surface area contributed by atoms with Crippen LogP contribution in [-0.4, -0.2) is 19.7 Å². The largest absolute Gasteiger partial charge is 0.469 e. The van der Waals surface area contributed by atoms with Gasteiger partial charge in [0.1, 0.15) is 5.75 Å². The molecule has 0 unspecified atom stereocenters. The maximum absolute atomic E-state index is 12.3. The van der Waals surface area contributed by atoms with Crippen LogP contribution in [0.15, 0.2) is 16.6 Å². The van der Waals surface area contributed by atoms with E-state index in [1.54, 1.807) is 6.07 Å². The molecule has 0 aliphatic carbocycles. The molecule has 100 valence electrons. The molecular weight excluding hydrogens is 378 g/mol. The van der Waals surface area contributed by atoms with Crippen LogP contribution in [0.2, 0.25) is 0 Å². The number of hydrogen-bond donors (Lipinski definition) is 0. The number of rotatable bonds is 5. The predicted molar refractivity (Wildman–Crippen MR) is 69.1 cm³/mol. The van der Waals surface area contributed by atoms with E-state index in [2.05, 4.69) is 41.3 Å². The quantitative estimate of drug-likeness (QED) is 0.571. The molecule has 0 heterocycles. The molecule has 0 atom stereocenters. The number of methoxy groups -OCH3 is 1. The topological polar surface area (TPSA) is 35.5 Å². The van der Waals surface area contributed by atoms with E-state index in [0.29, 0.717) is 15.4 Å². The van der Waals surface area contributed by atoms with Gasteiger partial charge in [-0.25, -0.2) is 0 Å². The number of esters is 1. The van der Waals surface area contributed by atoms with E-state index < -0.39 is 12.6 Å². The lowest BCUT2D eigenvalue weighted by Gasteiger charge is -2.13. The Morgan fingerprint density at radius 2 is 2.11 bits per heavy atom. The molecule has 0 saturated carbocycles. The molecule has 0 N–H and O–H groups in total. The van der Waals surface area contributed by atoms with Crippen molar-refractivity contribution in [2.75, 3.05) is 7.11 Å². The van der Waals surface area contributed by atoms with Crippen LogP contribution in [0.4, 0.5) is 8.78 Å². The smallest absolute Gasteiger partial charge is 0.387 e. The normalized spacial score (nSPS) is 10.6. The number of halogens is 4. The number of hydrogen-bond acceptors (Lipinski definition) is 3. The number of ether oxygens (including phenoxy) is 2. The van der Waals surface area contributed by atoms with Crippen molar-refractivity contribution in [3.63, 3.8) is 0 Å². The first-order chi connectivity index (χ1) is 8.47. The number of benzene rings is 1. The van der Waals surface area contributed by atoms with Crippen molar-refractivity contribution in [3.8, 4) is 5.75 Å². The van der Waals surface area contributed by atoms with Crippen molar-refractivity contribution in [2.24, 2.45) is 0 Å². The highest BCUT2D eigenvalue weighted by Gasteiger charge is 2.17. The zero-order chi connectivity index (χ0) is 13.7. The second-order valence-corrected chi connectivity index (χ2v) is 4.73. The maximum Gasteiger partial charge on any atom is 0.387 e. The minimum atomic E-state index is -2.95. The van der Waals surface area contributed by atoms with E-state index >= 15 is 0 Å². The lowest BCUT2D eigenvalue weighted by atomic mass is 10.1. The minimum Gasteiger partial charge on any atom is -0.469 e. The highest BCUT2D eigenvalue weighted by Crippen LogP contribution is 2.31. The molecule has 0 bridgehead atoms. The lowest BCUT2D eigenvalue weighted by Crippen LogP contribution is -2.10. The maximum atomic E-state index is 12.3. The molecular formula is C11H10Br2F2O3. The second-order valence-electron chi connectivity index (χ2n) is 3.32. The van der Waals surface area contributed by atoms with Crippen LogP contribution in [0.25, 0.3) is 0 Å². The first-order valence-electron chi connectivity index (χ1n) is 4.86. The van der Waals surface area contributed by atoms with Crippen LogP contribution < -0.4 is 4.74 Å². The van der Waals surface area contributed by atoms with Crippen molar-refractivity contribution in [3.05, 3.63) is 27.7 Å². The first kappa shape index (κ1) is 15.4. The van der Waals surface area contributed by atoms with Gasteiger partial charge in [0.25, 0.3) is 0 Å². The molecule has 3 nitrogen and oxygen atoms in total. The van der Waals surface area contributed by atoms with Crippen LogP contribution >= 0.6 is 31.9 Å². The number of carbonyl (C=O) groups is 1. The summed E-state index contributed by atoms with van der Waals surface area (Å²) in [5.74, 6) is -0.555. The summed E-state index contributed by atoms with van der Waals surface area (Å²) in [6.07, 6.45) is -0.137. The van der Waals surface area contributed by atoms with Crippen LogP contribution in [0, 0.1) is 0 Å². The monoisotopic (exact) mass is 386 g/mol. The Labute approximate surface area is 120 Å². The predicted octanol–water partition coefficient (Wildman–Crippen LogP) is 3.66. The summed E-state index contributed by atoms with van der Waals surface area (Å²) in [5.41, 5.74) is 1.10. The Balaban J connectivity index is 3.15. The van der Waals surface area contributed by atoms with E-state index in [1.807, 2.05) is 0 Å². The molecule has 1 aromatic carbocycles. The van der Waals surface area contributed by atoms with Crippen molar-refractivity contribution in [2.45, 2.75) is 18.4 Å². The lowest BCUT2D eigenvalue weighted by molar-refractivity contribution is -0.139. The molecule has 0 amide bonds. The van der Waals surface area contributed by atoms with Crippen molar-refractivity contribution in [1.29, 1.82) is 0 Å². The van der Waals surface area contributed by atoms with Gasteiger partial charge in [-0.05, 0) is 17.7 Å². The molecule has 18 heavy (non-hydrogen) atoms. The summed E-state index contributed by atoms with van der Waals surface area (Å²) in [7, 11) is 1.23. The SMILES string of the molecule is COC(=O)Cc1c(Br)cc(CBr)cc1OC(F)F. The van der Waals surface area contributed by atoms with Crippen LogP contribution in [0.3, 0.4) is 0 Å². The van der Waals surface area contributed by atoms with E-state index in [-0.39, 0.29) is 12.2 Å². The van der Waals surface area contributed by atoms with Gasteiger partial charge >= 0.3 is 12.6 Å². The van der Waals surface area contributed by atoms with Gasteiger partial charge in [-0.1, -0.05) is 31.9 Å². The molecule has 0 spiro atoms. The fourth-order valence-electron chi connectivity index (χ4n) is 1.33. The average molecular weight is 388 g/mol. The highest BCUT2D eigenvalue weighted by molar-refractivity contribution is 9.10. The molecule has 1 rings (SSSR count). The molecule has 0 radical (unpaired) electrons. The van der Waals surface area contributed by atoms with Gasteiger partial charge < -0.3 is 9.47 Å². The Morgan fingerprint density at radius 3 is 2.61 bits per heavy atom. The molecule has 7 heteroatoms. The summed E-state index contributed by atoms with van der Waals surface area (Å²) in [4.78, 5) is 11.2. The zero-order valence-corrected chi connectivity index (χ0v) is 12.6. The van der Waals surface area contributed by atoms with E-state index in [4.69, 9.17) is 0 Å². The van der Waals surface area contributed by atoms with E-state index in [9.17, 15) is 13.6 Å². The Morgan fingerprint density at radius 1 is 1.44 bits per heavy atom. The average Bonchev–Trinajstić information content (AvgIpc) is 2.32. The van der Waals surface area contributed by atoms with Crippen molar-refractivity contribution >= 4 is 37.8 Å². The Bertz CT molecular complexity index is 439. The van der Waals surface area contributed by atoms with Crippen LogP contribution in [0.5, 0.6) is 5.75 Å². The van der Waals surface area contributed by atoms with E-state index in [1.165, 1.54) is 13.2 Å². The van der Waals surface area contributed by atoms with Gasteiger partial charge in [0.15, 0.2) is 0 Å². The summed E-state index contributed by atoms with van der Waals surface area (Å²) < 4.78 is 34.1. The molecule has 0 fully saturated rings. The molecule has 0 saturated heterocycles. The minimum absolute atomic E-state index is 0.0285. The summed E-state index contributed by atoms with van der Waals surface area (Å²) in [6.45, 7) is -2.95. The summed E-state index contributed by atoms with van der Waals surface area (Å²) in [5, 5.41) is 0.490. The standard InChI is InChI=1S/C11H10Br2F2O3/c1-17-10(16)4-7-8(13)2-6(5-12)3-9(7)18-11(14)15/h2-3,11H,4-5H2,1H3. The second kappa shape index (κ2) is 7.04. The zero-order valence-electron chi connectivity index (χ0n) is 9.38. The van der Waals surface area contributed by atoms with Crippen molar-refractivity contribution in [1.82, 2.24) is 0 Å². The van der Waals surface area contributed by atoms with Crippen LogP contribution in [-0.2, 0) is 21.3 Å². The fourth-order valence-corrected chi connectivity index (χ4v) is 2.28. The molecule has 1 aromatic rings. The van der Waals surface area contributed by atoms with Gasteiger partial charge in [0.2, 0.25) is 0 Å². The van der Waals surface area contributed by atoms with Gasteiger partial charge in [-0.2, -0.15) is 8.78 Å². The third-order valence-corrected chi connectivity index (χ3v) is 3.49. The van der Waals surface area contributed by atoms with Crippen LogP contribution in [0.1, 0.15) is 11.1 Å². The molecule has 0 aromatic heterocycles. The highest BCUT2D eigenvalue weighted by atomic mass is 79.9. The van der Waals surface area contributed by atoms with E-state index in [0.717, 1.165) is 5.56 Å². The third-order valence-electron chi connectivity index (χ3n) is 2.13. The third kappa shape index (κ3) is 4.20. The summed E-state index contributed by atoms with van der Waals surface area (Å²) >= 11 is 6.46. The Kier molecular flexibility index (Phi) is 6.01. The van der Waals surface area contributed by atoms with Gasteiger partial charge in [0, 0.05) is 15.4 Å². The molecule has 0 aliphatic rings. The number of carbonyl (C=O) groups excluding carboxylic acids is 1. The van der Waals surface area contributed by atoms with Gasteiger partial charge in [-0.3, -0.25) is 4.79 Å². The number of alkyl halides is 3. The Hall–Kier alpha value is -0.690. The first-order valence-corrected chi connectivity index (χ1v) is 6.78.